The molecule has 8 rings (SSSR count). The van der Waals surface area contributed by atoms with Crippen molar-refractivity contribution in [3.05, 3.63) is 146 Å². The maximum Gasteiger partial charge on any atom is 0.0972 e. The lowest BCUT2D eigenvalue weighted by atomic mass is 9.92. The van der Waals surface area contributed by atoms with E-state index in [2.05, 4.69) is 127 Å². The normalized spacial score (nSPS) is 11.5. The van der Waals surface area contributed by atoms with Gasteiger partial charge in [0.2, 0.25) is 0 Å². The number of nitrogens with zero attached hydrogens (tertiary/aromatic N) is 2. The van der Waals surface area contributed by atoms with Crippen LogP contribution in [0.5, 0.6) is 0 Å². The van der Waals surface area contributed by atoms with Crippen molar-refractivity contribution in [3.63, 3.8) is 0 Å². The fourth-order valence-electron chi connectivity index (χ4n) is 5.84. The topological polar surface area (TPSA) is 25.8 Å². The van der Waals surface area contributed by atoms with E-state index in [1.54, 1.807) is 0 Å². The largest absolute Gasteiger partial charge is 0.245 e. The van der Waals surface area contributed by atoms with Crippen molar-refractivity contribution in [2.24, 2.45) is 0 Å². The minimum Gasteiger partial charge on any atom is -0.245 e. The van der Waals surface area contributed by atoms with Gasteiger partial charge in [-0.2, -0.15) is 0 Å². The van der Waals surface area contributed by atoms with E-state index < -0.39 is 0 Å². The molecule has 2 heterocycles. The first kappa shape index (κ1) is 22.6. The third-order valence-corrected chi connectivity index (χ3v) is 7.83. The smallest absolute Gasteiger partial charge is 0.0972 e. The molecule has 0 aliphatic heterocycles. The minimum atomic E-state index is 0.925. The van der Waals surface area contributed by atoms with Gasteiger partial charge in [0.05, 0.1) is 22.4 Å². The molecule has 8 aromatic rings. The van der Waals surface area contributed by atoms with Gasteiger partial charge in [0.1, 0.15) is 0 Å². The molecular formula is C38H24N2. The van der Waals surface area contributed by atoms with Gasteiger partial charge in [0, 0.05) is 21.9 Å². The summed E-state index contributed by atoms with van der Waals surface area (Å²) in [5.41, 5.74) is 8.37. The number of pyridine rings is 2. The predicted octanol–water partition coefficient (Wildman–Crippen LogP) is 10.1. The molecule has 6 aromatic carbocycles. The highest BCUT2D eigenvalue weighted by Gasteiger charge is 2.12. The number of hydrogen-bond donors (Lipinski definition) is 0. The van der Waals surface area contributed by atoms with E-state index in [4.69, 9.17) is 9.97 Å². The molecule has 2 heteroatoms. The van der Waals surface area contributed by atoms with Crippen LogP contribution in [0.3, 0.4) is 0 Å². The minimum absolute atomic E-state index is 0.925. The number of fused-ring (bicyclic) bond motifs is 6. The molecule has 2 aromatic heterocycles. The van der Waals surface area contributed by atoms with Crippen LogP contribution in [0.25, 0.3) is 77.0 Å². The zero-order valence-corrected chi connectivity index (χ0v) is 21.8. The van der Waals surface area contributed by atoms with Crippen molar-refractivity contribution in [1.29, 1.82) is 0 Å². The highest BCUT2D eigenvalue weighted by atomic mass is 14.8. The Hall–Kier alpha value is -5.34. The summed E-state index contributed by atoms with van der Waals surface area (Å²) >= 11 is 0. The Morgan fingerprint density at radius 2 is 0.875 bits per heavy atom. The zero-order valence-electron chi connectivity index (χ0n) is 21.8. The third kappa shape index (κ3) is 3.73. The lowest BCUT2D eigenvalue weighted by Crippen LogP contribution is -1.91. The molecule has 2 nitrogen and oxygen atoms in total. The molecule has 0 saturated heterocycles. The lowest BCUT2D eigenvalue weighted by Gasteiger charge is -2.12. The Morgan fingerprint density at radius 1 is 0.325 bits per heavy atom. The molecule has 0 radical (unpaired) electrons. The SMILES string of the molecule is c1ccc(-c2ccc3ccc4ccc(-c5cccc(-c6cc7ccccc7c7ccccc67)c5)nc4c3n2)cc1. The highest BCUT2D eigenvalue weighted by molar-refractivity contribution is 6.14. The second-order valence-electron chi connectivity index (χ2n) is 10.2. The number of aromatic nitrogens is 2. The number of benzene rings is 6. The standard InChI is InChI=1S/C38H24N2/c1-2-9-25(10-3-1)35-21-19-26-17-18-27-20-22-36(40-38(27)37(26)39-35)30-13-8-12-28(23-30)34-24-29-11-4-5-14-31(29)32-15-6-7-16-33(32)34/h1-24H. The molecule has 0 saturated carbocycles. The van der Waals surface area contributed by atoms with Gasteiger partial charge in [-0.1, -0.05) is 121 Å². The van der Waals surface area contributed by atoms with Crippen LogP contribution in [-0.2, 0) is 0 Å². The van der Waals surface area contributed by atoms with Crippen molar-refractivity contribution >= 4 is 43.4 Å². The van der Waals surface area contributed by atoms with E-state index in [0.717, 1.165) is 44.3 Å². The van der Waals surface area contributed by atoms with Gasteiger partial charge in [0.25, 0.3) is 0 Å². The van der Waals surface area contributed by atoms with Crippen molar-refractivity contribution in [3.8, 4) is 33.6 Å². The number of hydrogen-bond acceptors (Lipinski definition) is 2. The molecule has 0 aliphatic carbocycles. The Labute approximate surface area is 232 Å². The molecule has 0 N–H and O–H groups in total. The van der Waals surface area contributed by atoms with Crippen molar-refractivity contribution < 1.29 is 0 Å². The van der Waals surface area contributed by atoms with Crippen LogP contribution in [-0.4, -0.2) is 9.97 Å². The van der Waals surface area contributed by atoms with Crippen LogP contribution in [0.15, 0.2) is 146 Å². The molecular weight excluding hydrogens is 484 g/mol. The molecule has 0 aliphatic rings. The summed E-state index contributed by atoms with van der Waals surface area (Å²) in [6.07, 6.45) is 0. The van der Waals surface area contributed by atoms with E-state index in [0.29, 0.717) is 0 Å². The first-order valence-corrected chi connectivity index (χ1v) is 13.6. The van der Waals surface area contributed by atoms with E-state index in [1.807, 2.05) is 18.2 Å². The summed E-state index contributed by atoms with van der Waals surface area (Å²) in [5, 5.41) is 7.24. The molecule has 0 fully saturated rings. The fraction of sp³-hybridized carbons (Fsp3) is 0. The van der Waals surface area contributed by atoms with Crippen LogP contribution >= 0.6 is 0 Å². The predicted molar refractivity (Wildman–Crippen MR) is 168 cm³/mol. The quantitative estimate of drug-likeness (QED) is 0.222. The Balaban J connectivity index is 1.30. The summed E-state index contributed by atoms with van der Waals surface area (Å²) in [6, 6.07) is 51.5. The van der Waals surface area contributed by atoms with Gasteiger partial charge in [-0.3, -0.25) is 0 Å². The fourth-order valence-corrected chi connectivity index (χ4v) is 5.84. The average Bonchev–Trinajstić information content (AvgIpc) is 3.04. The molecule has 0 bridgehead atoms. The van der Waals surface area contributed by atoms with Gasteiger partial charge in [-0.25, -0.2) is 9.97 Å². The van der Waals surface area contributed by atoms with Gasteiger partial charge >= 0.3 is 0 Å². The van der Waals surface area contributed by atoms with E-state index >= 15 is 0 Å². The summed E-state index contributed by atoms with van der Waals surface area (Å²) in [7, 11) is 0. The van der Waals surface area contributed by atoms with E-state index in [1.165, 1.54) is 32.7 Å². The Kier molecular flexibility index (Phi) is 5.17. The summed E-state index contributed by atoms with van der Waals surface area (Å²) in [6.45, 7) is 0. The van der Waals surface area contributed by atoms with Gasteiger partial charge in [-0.05, 0) is 56.9 Å². The molecule has 0 amide bonds. The van der Waals surface area contributed by atoms with E-state index in [9.17, 15) is 0 Å². The zero-order chi connectivity index (χ0) is 26.5. The molecule has 0 atom stereocenters. The van der Waals surface area contributed by atoms with Gasteiger partial charge in [0.15, 0.2) is 0 Å². The second kappa shape index (κ2) is 9.14. The van der Waals surface area contributed by atoms with Crippen LogP contribution in [0, 0.1) is 0 Å². The van der Waals surface area contributed by atoms with Crippen LogP contribution < -0.4 is 0 Å². The Bertz CT molecular complexity index is 2210. The lowest BCUT2D eigenvalue weighted by molar-refractivity contribution is 1.36. The Morgan fingerprint density at radius 3 is 1.62 bits per heavy atom. The molecule has 186 valence electrons. The average molecular weight is 509 g/mol. The van der Waals surface area contributed by atoms with Crippen LogP contribution in [0.4, 0.5) is 0 Å². The van der Waals surface area contributed by atoms with Crippen molar-refractivity contribution in [2.45, 2.75) is 0 Å². The maximum atomic E-state index is 5.19. The van der Waals surface area contributed by atoms with Crippen molar-refractivity contribution in [2.75, 3.05) is 0 Å². The van der Waals surface area contributed by atoms with Gasteiger partial charge < -0.3 is 0 Å². The highest BCUT2D eigenvalue weighted by Crippen LogP contribution is 2.36. The van der Waals surface area contributed by atoms with Gasteiger partial charge in [-0.15, -0.1) is 0 Å². The summed E-state index contributed by atoms with van der Waals surface area (Å²) < 4.78 is 0. The third-order valence-electron chi connectivity index (χ3n) is 7.83. The molecule has 0 spiro atoms. The molecule has 40 heavy (non-hydrogen) atoms. The van der Waals surface area contributed by atoms with Crippen LogP contribution in [0.2, 0.25) is 0 Å². The number of rotatable bonds is 3. The van der Waals surface area contributed by atoms with Crippen molar-refractivity contribution in [1.82, 2.24) is 9.97 Å². The first-order chi connectivity index (χ1) is 19.8. The van der Waals surface area contributed by atoms with Crippen LogP contribution in [0.1, 0.15) is 0 Å². The summed E-state index contributed by atoms with van der Waals surface area (Å²) in [4.78, 5) is 10.3. The van der Waals surface area contributed by atoms with E-state index in [-0.39, 0.29) is 0 Å². The first-order valence-electron chi connectivity index (χ1n) is 13.6. The monoisotopic (exact) mass is 508 g/mol. The second-order valence-corrected chi connectivity index (χ2v) is 10.2. The molecule has 0 unspecified atom stereocenters. The summed E-state index contributed by atoms with van der Waals surface area (Å²) in [5.74, 6) is 0. The maximum absolute atomic E-state index is 5.19.